The van der Waals surface area contributed by atoms with Crippen LogP contribution in [0.4, 0.5) is 4.39 Å². The highest BCUT2D eigenvalue weighted by molar-refractivity contribution is 5.80. The molecule has 0 bridgehead atoms. The molecule has 0 saturated heterocycles. The van der Waals surface area contributed by atoms with Crippen LogP contribution >= 0.6 is 0 Å². The van der Waals surface area contributed by atoms with Crippen molar-refractivity contribution < 1.29 is 13.9 Å². The number of ether oxygens (including phenoxy) is 1. The van der Waals surface area contributed by atoms with Crippen LogP contribution in [0.1, 0.15) is 32.3 Å². The summed E-state index contributed by atoms with van der Waals surface area (Å²) in [6, 6.07) is 6.26. The Hall–Kier alpha value is -1.42. The Morgan fingerprint density at radius 2 is 2.05 bits per heavy atom. The van der Waals surface area contributed by atoms with Crippen LogP contribution in [-0.4, -0.2) is 24.7 Å². The molecule has 0 aliphatic heterocycles. The number of carbonyl (C=O) groups is 1. The van der Waals surface area contributed by atoms with Crippen LogP contribution in [0.25, 0.3) is 0 Å². The summed E-state index contributed by atoms with van der Waals surface area (Å²) >= 11 is 0. The minimum atomic E-state index is -0.754. The highest BCUT2D eigenvalue weighted by Gasteiger charge is 2.36. The third-order valence-electron chi connectivity index (χ3n) is 3.67. The lowest BCUT2D eigenvalue weighted by atomic mass is 9.92. The third-order valence-corrected chi connectivity index (χ3v) is 3.67. The van der Waals surface area contributed by atoms with Crippen LogP contribution in [0.2, 0.25) is 0 Å². The number of esters is 1. The smallest absolute Gasteiger partial charge is 0.326 e. The van der Waals surface area contributed by atoms with E-state index in [-0.39, 0.29) is 11.8 Å². The van der Waals surface area contributed by atoms with E-state index < -0.39 is 5.54 Å². The Labute approximate surface area is 119 Å². The van der Waals surface area contributed by atoms with Crippen molar-refractivity contribution in [3.8, 4) is 0 Å². The monoisotopic (exact) mass is 279 g/mol. The first kappa shape index (κ1) is 15.0. The van der Waals surface area contributed by atoms with Crippen LogP contribution in [0.3, 0.4) is 0 Å². The molecule has 1 aromatic carbocycles. The number of hydrogen-bond acceptors (Lipinski definition) is 3. The van der Waals surface area contributed by atoms with Crippen LogP contribution in [-0.2, 0) is 16.0 Å². The summed E-state index contributed by atoms with van der Waals surface area (Å²) < 4.78 is 18.1. The maximum atomic E-state index is 13.0. The molecule has 110 valence electrons. The van der Waals surface area contributed by atoms with Crippen molar-refractivity contribution >= 4 is 5.97 Å². The molecule has 1 fully saturated rings. The quantitative estimate of drug-likeness (QED) is 0.780. The first-order valence-corrected chi connectivity index (χ1v) is 7.20. The van der Waals surface area contributed by atoms with Gasteiger partial charge in [-0.05, 0) is 56.8 Å². The van der Waals surface area contributed by atoms with Gasteiger partial charge in [0, 0.05) is 6.42 Å². The summed E-state index contributed by atoms with van der Waals surface area (Å²) in [5.41, 5.74) is 0.168. The highest BCUT2D eigenvalue weighted by Crippen LogP contribution is 2.29. The molecule has 1 unspecified atom stereocenters. The molecule has 1 saturated carbocycles. The molecule has 0 amide bonds. The molecule has 1 aliphatic carbocycles. The van der Waals surface area contributed by atoms with Gasteiger partial charge in [-0.2, -0.15) is 0 Å². The molecule has 20 heavy (non-hydrogen) atoms. The van der Waals surface area contributed by atoms with Crippen molar-refractivity contribution in [3.05, 3.63) is 35.6 Å². The van der Waals surface area contributed by atoms with Gasteiger partial charge in [-0.3, -0.25) is 4.79 Å². The van der Waals surface area contributed by atoms with Crippen molar-refractivity contribution in [2.24, 2.45) is 5.92 Å². The van der Waals surface area contributed by atoms with E-state index in [1.165, 1.54) is 25.0 Å². The molecule has 4 heteroatoms. The van der Waals surface area contributed by atoms with Crippen LogP contribution in [0, 0.1) is 11.7 Å². The Morgan fingerprint density at radius 3 is 2.60 bits per heavy atom. The standard InChI is InChI=1S/C16H22FNO2/c1-3-20-15(19)16(2,18-11-13-4-5-13)10-12-6-8-14(17)9-7-12/h6-9,13,18H,3-5,10-11H2,1-2H3. The number of carbonyl (C=O) groups excluding carboxylic acids is 1. The minimum Gasteiger partial charge on any atom is -0.465 e. The van der Waals surface area contributed by atoms with Gasteiger partial charge in [0.1, 0.15) is 11.4 Å². The molecular formula is C16H22FNO2. The molecule has 0 radical (unpaired) electrons. The van der Waals surface area contributed by atoms with E-state index in [4.69, 9.17) is 4.74 Å². The van der Waals surface area contributed by atoms with Gasteiger partial charge in [0.25, 0.3) is 0 Å². The third kappa shape index (κ3) is 4.04. The average molecular weight is 279 g/mol. The number of halogens is 1. The van der Waals surface area contributed by atoms with Gasteiger partial charge in [0.15, 0.2) is 0 Å². The van der Waals surface area contributed by atoms with E-state index in [0.717, 1.165) is 12.1 Å². The minimum absolute atomic E-state index is 0.245. The van der Waals surface area contributed by atoms with Crippen molar-refractivity contribution in [2.45, 2.75) is 38.6 Å². The van der Waals surface area contributed by atoms with Crippen molar-refractivity contribution in [1.29, 1.82) is 0 Å². The Kier molecular flexibility index (Phi) is 4.76. The maximum Gasteiger partial charge on any atom is 0.326 e. The zero-order chi connectivity index (χ0) is 14.6. The Bertz CT molecular complexity index is 456. The number of hydrogen-bond donors (Lipinski definition) is 1. The summed E-state index contributed by atoms with van der Waals surface area (Å²) in [7, 11) is 0. The molecule has 2 rings (SSSR count). The summed E-state index contributed by atoms with van der Waals surface area (Å²) in [6.07, 6.45) is 2.95. The molecule has 3 nitrogen and oxygen atoms in total. The second kappa shape index (κ2) is 6.35. The zero-order valence-electron chi connectivity index (χ0n) is 12.1. The molecule has 1 aliphatic rings. The molecule has 1 atom stereocenters. The summed E-state index contributed by atoms with van der Waals surface area (Å²) in [5.74, 6) is 0.166. The van der Waals surface area contributed by atoms with E-state index in [1.807, 2.05) is 6.92 Å². The lowest BCUT2D eigenvalue weighted by Crippen LogP contribution is -2.52. The van der Waals surface area contributed by atoms with Crippen LogP contribution in [0.15, 0.2) is 24.3 Å². The predicted molar refractivity (Wildman–Crippen MR) is 75.9 cm³/mol. The van der Waals surface area contributed by atoms with E-state index in [0.29, 0.717) is 18.9 Å². The van der Waals surface area contributed by atoms with Gasteiger partial charge in [-0.25, -0.2) is 4.39 Å². The fourth-order valence-corrected chi connectivity index (χ4v) is 2.20. The van der Waals surface area contributed by atoms with Gasteiger partial charge in [0.05, 0.1) is 6.61 Å². The summed E-state index contributed by atoms with van der Waals surface area (Å²) in [6.45, 7) is 4.85. The first-order chi connectivity index (χ1) is 9.53. The largest absolute Gasteiger partial charge is 0.465 e. The summed E-state index contributed by atoms with van der Waals surface area (Å²) in [4.78, 5) is 12.2. The van der Waals surface area contributed by atoms with Crippen molar-refractivity contribution in [3.63, 3.8) is 0 Å². The lowest BCUT2D eigenvalue weighted by Gasteiger charge is -2.29. The fraction of sp³-hybridized carbons (Fsp3) is 0.562. The zero-order valence-corrected chi connectivity index (χ0v) is 12.1. The number of rotatable bonds is 7. The Balaban J connectivity index is 2.07. The first-order valence-electron chi connectivity index (χ1n) is 7.20. The van der Waals surface area contributed by atoms with Gasteiger partial charge in [0.2, 0.25) is 0 Å². The number of nitrogens with one attached hydrogen (secondary N) is 1. The van der Waals surface area contributed by atoms with Gasteiger partial charge in [-0.15, -0.1) is 0 Å². The second-order valence-electron chi connectivity index (χ2n) is 5.68. The van der Waals surface area contributed by atoms with Crippen molar-refractivity contribution in [2.75, 3.05) is 13.2 Å². The molecule has 1 aromatic rings. The van der Waals surface area contributed by atoms with Crippen LogP contribution < -0.4 is 5.32 Å². The van der Waals surface area contributed by atoms with Crippen LogP contribution in [0.5, 0.6) is 0 Å². The van der Waals surface area contributed by atoms with E-state index >= 15 is 0 Å². The average Bonchev–Trinajstić information content (AvgIpc) is 3.24. The van der Waals surface area contributed by atoms with Crippen molar-refractivity contribution in [1.82, 2.24) is 5.32 Å². The molecule has 0 aromatic heterocycles. The Morgan fingerprint density at radius 1 is 1.40 bits per heavy atom. The van der Waals surface area contributed by atoms with Gasteiger partial charge < -0.3 is 10.1 Å². The normalized spacial score (nSPS) is 17.6. The van der Waals surface area contributed by atoms with E-state index in [9.17, 15) is 9.18 Å². The molecule has 1 N–H and O–H groups in total. The van der Waals surface area contributed by atoms with Gasteiger partial charge in [-0.1, -0.05) is 12.1 Å². The van der Waals surface area contributed by atoms with Gasteiger partial charge >= 0.3 is 5.97 Å². The molecular weight excluding hydrogens is 257 g/mol. The molecule has 0 spiro atoms. The SMILES string of the molecule is CCOC(=O)C(C)(Cc1ccc(F)cc1)NCC1CC1. The lowest BCUT2D eigenvalue weighted by molar-refractivity contribution is -0.150. The van der Waals surface area contributed by atoms with E-state index in [2.05, 4.69) is 5.32 Å². The predicted octanol–water partition coefficient (Wildman–Crippen LogP) is 2.69. The highest BCUT2D eigenvalue weighted by atomic mass is 19.1. The molecule has 0 heterocycles. The maximum absolute atomic E-state index is 13.0. The topological polar surface area (TPSA) is 38.3 Å². The second-order valence-corrected chi connectivity index (χ2v) is 5.68. The van der Waals surface area contributed by atoms with E-state index in [1.54, 1.807) is 19.1 Å². The number of benzene rings is 1. The fourth-order valence-electron chi connectivity index (χ4n) is 2.20. The summed E-state index contributed by atoms with van der Waals surface area (Å²) in [5, 5.41) is 3.34.